The minimum absolute atomic E-state index is 0.255. The number of anilines is 12. The lowest BCUT2D eigenvalue weighted by atomic mass is 9.30. The fraction of sp³-hybridized carbons (Fsp3) is 0. The van der Waals surface area contributed by atoms with Crippen LogP contribution in [0.4, 0.5) is 68.2 Å². The zero-order chi connectivity index (χ0) is 49.1. The second-order valence-electron chi connectivity index (χ2n) is 19.6. The fourth-order valence-electron chi connectivity index (χ4n) is 12.4. The molecule has 0 atom stereocenters. The fourth-order valence-corrected chi connectivity index (χ4v) is 12.4. The molecule has 11 aromatic rings. The summed E-state index contributed by atoms with van der Waals surface area (Å²) >= 11 is 0. The van der Waals surface area contributed by atoms with Crippen molar-refractivity contribution in [1.29, 1.82) is 0 Å². The molecule has 5 aliphatic heterocycles. The van der Waals surface area contributed by atoms with Crippen LogP contribution in [0.25, 0.3) is 0 Å². The van der Waals surface area contributed by atoms with Crippen LogP contribution < -0.4 is 66.6 Å². The van der Waals surface area contributed by atoms with Gasteiger partial charge in [-0.2, -0.15) is 0 Å². The molecule has 5 aliphatic rings. The van der Waals surface area contributed by atoms with Gasteiger partial charge in [-0.1, -0.05) is 127 Å². The molecule has 9 heteroatoms. The molecule has 0 unspecified atom stereocenters. The van der Waals surface area contributed by atoms with Crippen LogP contribution in [0.15, 0.2) is 255 Å². The third-order valence-corrected chi connectivity index (χ3v) is 15.4. The van der Waals surface area contributed by atoms with Crippen LogP contribution in [0, 0.1) is 0 Å². The smallest absolute Gasteiger partial charge is 0.261 e. The summed E-state index contributed by atoms with van der Waals surface area (Å²) < 4.78 is 22.0. The first kappa shape index (κ1) is 41.7. The summed E-state index contributed by atoms with van der Waals surface area (Å²) in [5.74, 6) is 4.63. The lowest BCUT2D eigenvalue weighted by molar-refractivity contribution is 0.460. The van der Waals surface area contributed by atoms with Crippen LogP contribution in [0.1, 0.15) is 0 Å². The molecule has 0 aromatic heterocycles. The summed E-state index contributed by atoms with van der Waals surface area (Å²) in [4.78, 5) is 9.57. The Morgan fingerprint density at radius 1 is 0.253 bits per heavy atom. The molecule has 0 saturated carbocycles. The predicted molar refractivity (Wildman–Crippen MR) is 308 cm³/mol. The van der Waals surface area contributed by atoms with Crippen LogP contribution in [0.2, 0.25) is 0 Å². The van der Waals surface area contributed by atoms with E-state index in [1.165, 1.54) is 10.9 Å². The van der Waals surface area contributed by atoms with Gasteiger partial charge in [-0.3, -0.25) is 0 Å². The standard InChI is InChI=1S/C66H42B2N4O3/c1-7-21-43(22-8-1)69(44-23-9-2-10-24-44)49-37-55-63-61(39-49)74-59-35-19-33-57-65(59)67(63)51-41-52-54(42-53(51)71(55)47-29-15-5-16-30-47)72(48-31-17-6-18-32-48)56-38-50(70(45-25-11-3-12-26-45)46-27-13-4-14-28-46)40-62-64(56)68(52)66-58(73-57)34-20-36-60(66)75-62/h1-42H. The Balaban J connectivity index is 1.02. The van der Waals surface area contributed by atoms with Gasteiger partial charge < -0.3 is 33.8 Å². The van der Waals surface area contributed by atoms with E-state index in [-0.39, 0.29) is 13.4 Å². The molecule has 2 bridgehead atoms. The molecule has 11 aromatic carbocycles. The van der Waals surface area contributed by atoms with E-state index < -0.39 is 0 Å². The summed E-state index contributed by atoms with van der Waals surface area (Å²) in [7, 11) is 0. The minimum Gasteiger partial charge on any atom is -0.458 e. The van der Waals surface area contributed by atoms with E-state index >= 15 is 0 Å². The van der Waals surface area contributed by atoms with Crippen LogP contribution >= 0.6 is 0 Å². The van der Waals surface area contributed by atoms with Crippen LogP contribution in [0.5, 0.6) is 34.5 Å². The predicted octanol–water partition coefficient (Wildman–Crippen LogP) is 13.5. The highest BCUT2D eigenvalue weighted by molar-refractivity contribution is 7.02. The highest BCUT2D eigenvalue weighted by Crippen LogP contribution is 2.51. The van der Waals surface area contributed by atoms with Gasteiger partial charge in [0.15, 0.2) is 0 Å². The average Bonchev–Trinajstić information content (AvgIpc) is 3.55. The van der Waals surface area contributed by atoms with Gasteiger partial charge in [0.25, 0.3) is 13.4 Å². The van der Waals surface area contributed by atoms with E-state index in [1.807, 2.05) is 0 Å². The van der Waals surface area contributed by atoms with Gasteiger partial charge in [-0.25, -0.2) is 0 Å². The zero-order valence-electron chi connectivity index (χ0n) is 40.4. The third-order valence-electron chi connectivity index (χ3n) is 15.4. The lowest BCUT2D eigenvalue weighted by Crippen LogP contribution is -2.64. The molecule has 0 saturated heterocycles. The van der Waals surface area contributed by atoms with Crippen molar-refractivity contribution in [3.05, 3.63) is 255 Å². The molecular weight excluding hydrogens is 918 g/mol. The second kappa shape index (κ2) is 16.3. The van der Waals surface area contributed by atoms with E-state index in [9.17, 15) is 0 Å². The SMILES string of the molecule is c1ccc(N(c2ccccc2)c2cc3c4c(c2)N(c2ccccc2)c2cc5c6cc2B4c2c(cccc2O3)Oc2cccc3c2B6c2c(cc(N(c4ccccc4)c4ccccc4)cc2N5c2ccccc2)O3)cc1. The molecule has 0 N–H and O–H groups in total. The average molecular weight is 961 g/mol. The summed E-state index contributed by atoms with van der Waals surface area (Å²) in [6.07, 6.45) is 0. The Morgan fingerprint density at radius 2 is 0.573 bits per heavy atom. The maximum atomic E-state index is 7.42. The molecule has 5 heterocycles. The van der Waals surface area contributed by atoms with Crippen molar-refractivity contribution in [2.75, 3.05) is 19.6 Å². The number of para-hydroxylation sites is 6. The summed E-state index contributed by atoms with van der Waals surface area (Å²) in [6, 6.07) is 90.6. The normalized spacial score (nSPS) is 13.3. The summed E-state index contributed by atoms with van der Waals surface area (Å²) in [5, 5.41) is 0. The van der Waals surface area contributed by atoms with E-state index in [2.05, 4.69) is 274 Å². The number of rotatable bonds is 8. The number of benzene rings is 11. The number of hydrogen-bond donors (Lipinski definition) is 0. The molecule has 16 rings (SSSR count). The zero-order valence-corrected chi connectivity index (χ0v) is 40.4. The first-order valence-electron chi connectivity index (χ1n) is 25.6. The van der Waals surface area contributed by atoms with E-state index in [0.29, 0.717) is 0 Å². The van der Waals surface area contributed by atoms with Crippen LogP contribution in [-0.4, -0.2) is 13.4 Å². The molecule has 7 nitrogen and oxygen atoms in total. The van der Waals surface area contributed by atoms with Crippen molar-refractivity contribution in [3.63, 3.8) is 0 Å². The Kier molecular flexibility index (Phi) is 9.09. The monoisotopic (exact) mass is 960 g/mol. The Labute approximate surface area is 435 Å². The molecular formula is C66H42B2N4O3. The number of nitrogens with zero attached hydrogens (tertiary/aromatic N) is 4. The highest BCUT2D eigenvalue weighted by atomic mass is 16.5. The number of hydrogen-bond acceptors (Lipinski definition) is 7. The molecule has 0 amide bonds. The van der Waals surface area contributed by atoms with Crippen LogP contribution in [0.3, 0.4) is 0 Å². The Morgan fingerprint density at radius 3 is 0.920 bits per heavy atom. The Hall–Kier alpha value is -9.85. The molecule has 350 valence electrons. The van der Waals surface area contributed by atoms with Crippen molar-refractivity contribution >= 4 is 114 Å². The lowest BCUT2D eigenvalue weighted by Gasteiger charge is -2.45. The first-order valence-corrected chi connectivity index (χ1v) is 25.6. The van der Waals surface area contributed by atoms with Gasteiger partial charge in [0.1, 0.15) is 34.5 Å². The van der Waals surface area contributed by atoms with Gasteiger partial charge in [0, 0.05) is 79.9 Å². The van der Waals surface area contributed by atoms with Crippen molar-refractivity contribution in [3.8, 4) is 34.5 Å². The van der Waals surface area contributed by atoms with Gasteiger partial charge in [-0.05, 0) is 137 Å². The highest BCUT2D eigenvalue weighted by Gasteiger charge is 2.50. The van der Waals surface area contributed by atoms with Gasteiger partial charge in [0.05, 0.1) is 11.4 Å². The first-order chi connectivity index (χ1) is 37.2. The largest absolute Gasteiger partial charge is 0.458 e. The molecule has 0 aliphatic carbocycles. The van der Waals surface area contributed by atoms with Gasteiger partial charge in [0.2, 0.25) is 0 Å². The topological polar surface area (TPSA) is 40.7 Å². The molecule has 0 fully saturated rings. The van der Waals surface area contributed by atoms with Gasteiger partial charge >= 0.3 is 0 Å². The van der Waals surface area contributed by atoms with Crippen molar-refractivity contribution < 1.29 is 14.2 Å². The van der Waals surface area contributed by atoms with E-state index in [1.54, 1.807) is 0 Å². The van der Waals surface area contributed by atoms with Crippen molar-refractivity contribution in [1.82, 2.24) is 0 Å². The van der Waals surface area contributed by atoms with Gasteiger partial charge in [-0.15, -0.1) is 0 Å². The Bertz CT molecular complexity index is 3740. The maximum absolute atomic E-state index is 7.42. The molecule has 75 heavy (non-hydrogen) atoms. The van der Waals surface area contributed by atoms with Crippen molar-refractivity contribution in [2.24, 2.45) is 0 Å². The number of ether oxygens (including phenoxy) is 3. The molecule has 0 spiro atoms. The van der Waals surface area contributed by atoms with Crippen molar-refractivity contribution in [2.45, 2.75) is 0 Å². The third kappa shape index (κ3) is 6.31. The minimum atomic E-state index is -0.255. The van der Waals surface area contributed by atoms with E-state index in [0.717, 1.165) is 125 Å². The summed E-state index contributed by atoms with van der Waals surface area (Å²) in [6.45, 7) is -0.510. The summed E-state index contributed by atoms with van der Waals surface area (Å²) in [5.41, 5.74) is 18.9. The second-order valence-corrected chi connectivity index (χ2v) is 19.6. The quantitative estimate of drug-likeness (QED) is 0.141. The maximum Gasteiger partial charge on any atom is 0.261 e. The van der Waals surface area contributed by atoms with E-state index in [4.69, 9.17) is 14.2 Å². The van der Waals surface area contributed by atoms with Crippen LogP contribution in [-0.2, 0) is 0 Å². The molecule has 0 radical (unpaired) electrons.